The molecule has 8 nitrogen and oxygen atoms in total. The Bertz CT molecular complexity index is 1170. The highest BCUT2D eigenvalue weighted by atomic mass is 32.1. The van der Waals surface area contributed by atoms with Gasteiger partial charge in [-0.2, -0.15) is 9.78 Å². The van der Waals surface area contributed by atoms with Crippen LogP contribution >= 0.6 is 11.3 Å². The monoisotopic (exact) mass is 443 g/mol. The smallest absolute Gasteiger partial charge is 0.359 e. The SMILES string of the molecule is CCOC(=O)c1nn(-c2ccc(OC)cc2)c(=O)c2c(NC(=O)CC(C)(C)C)scc12. The Morgan fingerprint density at radius 3 is 2.45 bits per heavy atom. The van der Waals surface area contributed by atoms with E-state index >= 15 is 0 Å². The Kier molecular flexibility index (Phi) is 6.45. The predicted molar refractivity (Wildman–Crippen MR) is 120 cm³/mol. The van der Waals surface area contributed by atoms with E-state index in [4.69, 9.17) is 9.47 Å². The number of benzene rings is 1. The lowest BCUT2D eigenvalue weighted by molar-refractivity contribution is -0.117. The fourth-order valence-corrected chi connectivity index (χ4v) is 4.00. The Labute approximate surface area is 183 Å². The molecular weight excluding hydrogens is 418 g/mol. The maximum Gasteiger partial charge on any atom is 0.359 e. The molecule has 0 fully saturated rings. The zero-order valence-electron chi connectivity index (χ0n) is 18.1. The third-order valence-electron chi connectivity index (χ3n) is 4.38. The molecule has 3 aromatic rings. The summed E-state index contributed by atoms with van der Waals surface area (Å²) in [6, 6.07) is 6.71. The van der Waals surface area contributed by atoms with Gasteiger partial charge in [-0.25, -0.2) is 4.79 Å². The molecule has 0 aliphatic carbocycles. The second kappa shape index (κ2) is 8.89. The second-order valence-electron chi connectivity index (χ2n) is 8.12. The average Bonchev–Trinajstić information content (AvgIpc) is 3.11. The fraction of sp³-hybridized carbons (Fsp3) is 0.364. The van der Waals surface area contributed by atoms with E-state index in [1.165, 1.54) is 11.3 Å². The summed E-state index contributed by atoms with van der Waals surface area (Å²) >= 11 is 1.18. The molecule has 3 rings (SSSR count). The van der Waals surface area contributed by atoms with Crippen molar-refractivity contribution in [1.29, 1.82) is 0 Å². The molecule has 0 saturated carbocycles. The van der Waals surface area contributed by atoms with E-state index < -0.39 is 11.5 Å². The van der Waals surface area contributed by atoms with E-state index in [9.17, 15) is 14.4 Å². The van der Waals surface area contributed by atoms with E-state index in [-0.39, 0.29) is 35.4 Å². The summed E-state index contributed by atoms with van der Waals surface area (Å²) in [6.07, 6.45) is 0.287. The number of thiophene rings is 1. The van der Waals surface area contributed by atoms with Crippen LogP contribution in [0.1, 0.15) is 44.6 Å². The number of nitrogens with zero attached hydrogens (tertiary/aromatic N) is 2. The zero-order valence-corrected chi connectivity index (χ0v) is 19.0. The van der Waals surface area contributed by atoms with Crippen molar-refractivity contribution in [2.45, 2.75) is 34.1 Å². The highest BCUT2D eigenvalue weighted by Crippen LogP contribution is 2.31. The molecular formula is C22H25N3O5S. The number of methoxy groups -OCH3 is 1. The van der Waals surface area contributed by atoms with Crippen molar-refractivity contribution in [3.8, 4) is 11.4 Å². The molecule has 0 aliphatic heterocycles. The first-order valence-electron chi connectivity index (χ1n) is 9.80. The third kappa shape index (κ3) is 4.93. The van der Waals surface area contributed by atoms with E-state index in [0.29, 0.717) is 21.8 Å². The summed E-state index contributed by atoms with van der Waals surface area (Å²) < 4.78 is 11.4. The number of amides is 1. The Balaban J connectivity index is 2.18. The van der Waals surface area contributed by atoms with Crippen molar-refractivity contribution >= 4 is 39.0 Å². The highest BCUT2D eigenvalue weighted by Gasteiger charge is 2.24. The highest BCUT2D eigenvalue weighted by molar-refractivity contribution is 7.16. The van der Waals surface area contributed by atoms with E-state index in [1.54, 1.807) is 43.7 Å². The molecule has 0 bridgehead atoms. The molecule has 2 heterocycles. The van der Waals surface area contributed by atoms with E-state index in [2.05, 4.69) is 10.4 Å². The minimum absolute atomic E-state index is 0.0137. The number of esters is 1. The minimum atomic E-state index is -0.639. The summed E-state index contributed by atoms with van der Waals surface area (Å²) in [4.78, 5) is 38.4. The molecule has 1 aromatic carbocycles. The van der Waals surface area contributed by atoms with Gasteiger partial charge in [-0.15, -0.1) is 11.3 Å². The van der Waals surface area contributed by atoms with Crippen molar-refractivity contribution in [3.63, 3.8) is 0 Å². The van der Waals surface area contributed by atoms with Gasteiger partial charge in [0.05, 0.1) is 24.8 Å². The number of hydrogen-bond donors (Lipinski definition) is 1. The maximum absolute atomic E-state index is 13.3. The summed E-state index contributed by atoms with van der Waals surface area (Å²) in [5, 5.41) is 9.70. The molecule has 2 aromatic heterocycles. The van der Waals surface area contributed by atoms with Gasteiger partial charge in [0.2, 0.25) is 5.91 Å². The lowest BCUT2D eigenvalue weighted by atomic mass is 9.92. The molecule has 0 radical (unpaired) electrons. The van der Waals surface area contributed by atoms with Gasteiger partial charge >= 0.3 is 5.97 Å². The van der Waals surface area contributed by atoms with Gasteiger partial charge in [0.25, 0.3) is 5.56 Å². The summed E-state index contributed by atoms with van der Waals surface area (Å²) in [5.41, 5.74) is -0.185. The maximum atomic E-state index is 13.3. The van der Waals surface area contributed by atoms with Crippen LogP contribution < -0.4 is 15.6 Å². The number of fused-ring (bicyclic) bond motifs is 1. The molecule has 0 spiro atoms. The van der Waals surface area contributed by atoms with Crippen molar-refractivity contribution in [1.82, 2.24) is 9.78 Å². The topological polar surface area (TPSA) is 99.5 Å². The van der Waals surface area contributed by atoms with Crippen molar-refractivity contribution in [2.24, 2.45) is 5.41 Å². The predicted octanol–water partition coefficient (Wildman–Crippen LogP) is 4.01. The second-order valence-corrected chi connectivity index (χ2v) is 9.00. The summed E-state index contributed by atoms with van der Waals surface area (Å²) in [7, 11) is 1.54. The molecule has 0 atom stereocenters. The van der Waals surface area contributed by atoms with Crippen molar-refractivity contribution in [3.05, 3.63) is 45.7 Å². The van der Waals surface area contributed by atoms with Crippen LogP contribution in [0.25, 0.3) is 16.5 Å². The van der Waals surface area contributed by atoms with Gasteiger partial charge in [-0.3, -0.25) is 9.59 Å². The van der Waals surface area contributed by atoms with Gasteiger partial charge in [-0.05, 0) is 36.6 Å². The average molecular weight is 444 g/mol. The third-order valence-corrected chi connectivity index (χ3v) is 5.28. The van der Waals surface area contributed by atoms with Crippen LogP contribution in [0, 0.1) is 5.41 Å². The standard InChI is InChI=1S/C22H25N3O5S/c1-6-30-21(28)18-15-12-31-19(23-16(26)11-22(2,3)4)17(15)20(27)25(24-18)13-7-9-14(29-5)10-8-13/h7-10,12H,6,11H2,1-5H3,(H,23,26). The van der Waals surface area contributed by atoms with Gasteiger partial charge in [-0.1, -0.05) is 20.8 Å². The van der Waals surface area contributed by atoms with Crippen LogP contribution in [0.2, 0.25) is 0 Å². The number of carbonyl (C=O) groups excluding carboxylic acids is 2. The quantitative estimate of drug-likeness (QED) is 0.578. The normalized spacial score (nSPS) is 11.4. The lowest BCUT2D eigenvalue weighted by Crippen LogP contribution is -2.26. The number of rotatable bonds is 6. The van der Waals surface area contributed by atoms with Crippen LogP contribution in [0.3, 0.4) is 0 Å². The molecule has 9 heteroatoms. The Hall–Kier alpha value is -3.20. The zero-order chi connectivity index (χ0) is 22.8. The van der Waals surface area contributed by atoms with Crippen LogP contribution in [0.4, 0.5) is 5.00 Å². The van der Waals surface area contributed by atoms with Gasteiger partial charge in [0, 0.05) is 17.2 Å². The van der Waals surface area contributed by atoms with Crippen molar-refractivity contribution in [2.75, 3.05) is 19.0 Å². The minimum Gasteiger partial charge on any atom is -0.497 e. The van der Waals surface area contributed by atoms with Gasteiger partial charge < -0.3 is 14.8 Å². The van der Waals surface area contributed by atoms with Crippen LogP contribution in [0.5, 0.6) is 5.75 Å². The molecule has 0 unspecified atom stereocenters. The van der Waals surface area contributed by atoms with E-state index in [1.807, 2.05) is 20.8 Å². The first kappa shape index (κ1) is 22.5. The molecule has 1 N–H and O–H groups in total. The van der Waals surface area contributed by atoms with Crippen LogP contribution in [-0.4, -0.2) is 35.4 Å². The van der Waals surface area contributed by atoms with Crippen LogP contribution in [0.15, 0.2) is 34.4 Å². The number of anilines is 1. The molecule has 31 heavy (non-hydrogen) atoms. The molecule has 1 amide bonds. The number of nitrogens with one attached hydrogen (secondary N) is 1. The summed E-state index contributed by atoms with van der Waals surface area (Å²) in [5.74, 6) is -0.226. The van der Waals surface area contributed by atoms with Gasteiger partial charge in [0.1, 0.15) is 10.8 Å². The number of aromatic nitrogens is 2. The number of hydrogen-bond acceptors (Lipinski definition) is 7. The van der Waals surface area contributed by atoms with Gasteiger partial charge in [0.15, 0.2) is 5.69 Å². The van der Waals surface area contributed by atoms with E-state index in [0.717, 1.165) is 4.68 Å². The number of carbonyl (C=O) groups is 2. The first-order chi connectivity index (χ1) is 14.6. The Morgan fingerprint density at radius 1 is 1.19 bits per heavy atom. The molecule has 164 valence electrons. The Morgan fingerprint density at radius 2 is 1.87 bits per heavy atom. The first-order valence-corrected chi connectivity index (χ1v) is 10.7. The van der Waals surface area contributed by atoms with Crippen LogP contribution in [-0.2, 0) is 9.53 Å². The van der Waals surface area contributed by atoms with Crippen molar-refractivity contribution < 1.29 is 19.1 Å². The lowest BCUT2D eigenvalue weighted by Gasteiger charge is -2.17. The molecule has 0 aliphatic rings. The number of ether oxygens (including phenoxy) is 2. The fourth-order valence-electron chi connectivity index (χ4n) is 3.04. The largest absolute Gasteiger partial charge is 0.497 e. The summed E-state index contributed by atoms with van der Waals surface area (Å²) in [6.45, 7) is 7.74. The molecule has 0 saturated heterocycles.